The first-order chi connectivity index (χ1) is 9.40. The van der Waals surface area contributed by atoms with E-state index in [1.54, 1.807) is 32.3 Å². The van der Waals surface area contributed by atoms with Crippen molar-refractivity contribution in [2.45, 2.75) is 26.7 Å². The van der Waals surface area contributed by atoms with E-state index < -0.39 is 0 Å². The van der Waals surface area contributed by atoms with Gasteiger partial charge in [-0.2, -0.15) is 0 Å². The summed E-state index contributed by atoms with van der Waals surface area (Å²) in [5, 5.41) is 3.17. The van der Waals surface area contributed by atoms with Gasteiger partial charge in [0.25, 0.3) is 5.91 Å². The average molecular weight is 297 g/mol. The molecule has 0 aliphatic carbocycles. The van der Waals surface area contributed by atoms with E-state index in [0.717, 1.165) is 12.8 Å². The quantitative estimate of drug-likeness (QED) is 0.905. The van der Waals surface area contributed by atoms with E-state index in [2.05, 4.69) is 5.32 Å². The number of nitrogens with one attached hydrogen (secondary N) is 1. The first kappa shape index (κ1) is 16.5. The monoisotopic (exact) mass is 296 g/mol. The largest absolute Gasteiger partial charge is 0.345 e. The minimum Gasteiger partial charge on any atom is -0.345 e. The molecule has 1 aromatic carbocycles. The number of hydrogen-bond donors (Lipinski definition) is 1. The van der Waals surface area contributed by atoms with E-state index in [0.29, 0.717) is 16.3 Å². The minimum atomic E-state index is -0.159. The van der Waals surface area contributed by atoms with Crippen LogP contribution in [-0.4, -0.2) is 30.8 Å². The van der Waals surface area contributed by atoms with Crippen molar-refractivity contribution >= 4 is 29.1 Å². The smallest absolute Gasteiger partial charge is 0.254 e. The van der Waals surface area contributed by atoms with Gasteiger partial charge in [0, 0.05) is 25.7 Å². The molecule has 0 bridgehead atoms. The molecule has 5 heteroatoms. The number of nitrogens with zero attached hydrogens (tertiary/aromatic N) is 1. The van der Waals surface area contributed by atoms with E-state index in [4.69, 9.17) is 11.6 Å². The molecule has 0 fully saturated rings. The van der Waals surface area contributed by atoms with Crippen molar-refractivity contribution in [2.75, 3.05) is 19.4 Å². The highest BCUT2D eigenvalue weighted by atomic mass is 35.5. The van der Waals surface area contributed by atoms with Crippen LogP contribution in [0, 0.1) is 5.92 Å². The van der Waals surface area contributed by atoms with Gasteiger partial charge in [0.2, 0.25) is 5.91 Å². The summed E-state index contributed by atoms with van der Waals surface area (Å²) in [7, 11) is 3.34. The molecule has 0 unspecified atom stereocenters. The zero-order chi connectivity index (χ0) is 15.3. The Morgan fingerprint density at radius 1 is 1.25 bits per heavy atom. The topological polar surface area (TPSA) is 49.4 Å². The van der Waals surface area contributed by atoms with Crippen molar-refractivity contribution in [3.63, 3.8) is 0 Å². The minimum absolute atomic E-state index is 0.00291. The molecular formula is C15H21ClN2O2. The Bertz CT molecular complexity index is 497. The van der Waals surface area contributed by atoms with Gasteiger partial charge in [0.1, 0.15) is 0 Å². The summed E-state index contributed by atoms with van der Waals surface area (Å²) >= 11 is 6.10. The Hall–Kier alpha value is -1.55. The molecule has 110 valence electrons. The fourth-order valence-corrected chi connectivity index (χ4v) is 2.17. The second-order valence-corrected chi connectivity index (χ2v) is 5.30. The number of anilines is 1. The lowest BCUT2D eigenvalue weighted by atomic mass is 10.0. The molecule has 0 heterocycles. The maximum Gasteiger partial charge on any atom is 0.254 e. The Morgan fingerprint density at radius 3 is 2.30 bits per heavy atom. The highest BCUT2D eigenvalue weighted by Crippen LogP contribution is 2.23. The van der Waals surface area contributed by atoms with Crippen LogP contribution in [-0.2, 0) is 4.79 Å². The van der Waals surface area contributed by atoms with Crippen LogP contribution in [0.5, 0.6) is 0 Å². The molecule has 0 spiro atoms. The molecule has 1 aromatic rings. The maximum atomic E-state index is 12.0. The number of carbonyl (C=O) groups is 2. The standard InChI is InChI=1S/C15H21ClN2O2/c1-5-10(6-2)14(19)17-11-7-8-12(13(16)9-11)15(20)18(3)4/h7-10H,5-6H2,1-4H3,(H,17,19). The van der Waals surface area contributed by atoms with Crippen molar-refractivity contribution in [2.24, 2.45) is 5.92 Å². The summed E-state index contributed by atoms with van der Waals surface area (Å²) in [6, 6.07) is 4.94. The second-order valence-electron chi connectivity index (χ2n) is 4.90. The summed E-state index contributed by atoms with van der Waals surface area (Å²) < 4.78 is 0. The first-order valence-corrected chi connectivity index (χ1v) is 7.10. The summed E-state index contributed by atoms with van der Waals surface area (Å²) in [5.41, 5.74) is 1.04. The first-order valence-electron chi connectivity index (χ1n) is 6.72. The van der Waals surface area contributed by atoms with Gasteiger partial charge in [-0.15, -0.1) is 0 Å². The van der Waals surface area contributed by atoms with E-state index >= 15 is 0 Å². The third-order valence-electron chi connectivity index (χ3n) is 3.23. The summed E-state index contributed by atoms with van der Waals surface area (Å²) in [4.78, 5) is 25.3. The van der Waals surface area contributed by atoms with Gasteiger partial charge < -0.3 is 10.2 Å². The van der Waals surface area contributed by atoms with Crippen molar-refractivity contribution < 1.29 is 9.59 Å². The van der Waals surface area contributed by atoms with Gasteiger partial charge in [0.15, 0.2) is 0 Å². The summed E-state index contributed by atoms with van der Waals surface area (Å²) in [5.74, 6) is -0.178. The SMILES string of the molecule is CCC(CC)C(=O)Nc1ccc(C(=O)N(C)C)c(Cl)c1. The Morgan fingerprint density at radius 2 is 1.85 bits per heavy atom. The van der Waals surface area contributed by atoms with Crippen molar-refractivity contribution in [1.29, 1.82) is 0 Å². The molecule has 1 N–H and O–H groups in total. The van der Waals surface area contributed by atoms with E-state index in [1.807, 2.05) is 13.8 Å². The van der Waals surface area contributed by atoms with Crippen LogP contribution < -0.4 is 5.32 Å². The van der Waals surface area contributed by atoms with Crippen LogP contribution in [0.2, 0.25) is 5.02 Å². The number of carbonyl (C=O) groups excluding carboxylic acids is 2. The van der Waals surface area contributed by atoms with Crippen LogP contribution in [0.1, 0.15) is 37.0 Å². The molecule has 0 aromatic heterocycles. The molecule has 20 heavy (non-hydrogen) atoms. The van der Waals surface area contributed by atoms with Gasteiger partial charge in [-0.05, 0) is 31.0 Å². The maximum absolute atomic E-state index is 12.0. The number of amides is 2. The fraction of sp³-hybridized carbons (Fsp3) is 0.467. The van der Waals surface area contributed by atoms with Gasteiger partial charge in [-0.3, -0.25) is 9.59 Å². The molecule has 0 atom stereocenters. The third-order valence-corrected chi connectivity index (χ3v) is 3.54. The third kappa shape index (κ3) is 3.97. The van der Waals surface area contributed by atoms with Crippen LogP contribution in [0.15, 0.2) is 18.2 Å². The lowest BCUT2D eigenvalue weighted by Gasteiger charge is -2.15. The number of hydrogen-bond acceptors (Lipinski definition) is 2. The molecule has 0 saturated carbocycles. The van der Waals surface area contributed by atoms with Gasteiger partial charge in [-0.25, -0.2) is 0 Å². The number of halogens is 1. The van der Waals surface area contributed by atoms with Crippen LogP contribution in [0.3, 0.4) is 0 Å². The van der Waals surface area contributed by atoms with Gasteiger partial charge in [-0.1, -0.05) is 25.4 Å². The lowest BCUT2D eigenvalue weighted by molar-refractivity contribution is -0.120. The van der Waals surface area contributed by atoms with Crippen LogP contribution in [0.4, 0.5) is 5.69 Å². The molecule has 0 radical (unpaired) electrons. The average Bonchev–Trinajstić information content (AvgIpc) is 2.39. The van der Waals surface area contributed by atoms with E-state index in [1.165, 1.54) is 4.90 Å². The normalized spacial score (nSPS) is 10.5. The predicted octanol–water partition coefficient (Wildman–Crippen LogP) is 3.42. The zero-order valence-electron chi connectivity index (χ0n) is 12.4. The summed E-state index contributed by atoms with van der Waals surface area (Å²) in [6.07, 6.45) is 1.60. The molecule has 0 aliphatic heterocycles. The van der Waals surface area contributed by atoms with Crippen LogP contribution in [0.25, 0.3) is 0 Å². The fourth-order valence-electron chi connectivity index (χ4n) is 1.91. The molecular weight excluding hydrogens is 276 g/mol. The van der Waals surface area contributed by atoms with Crippen molar-refractivity contribution in [3.05, 3.63) is 28.8 Å². The Balaban J connectivity index is 2.88. The molecule has 0 aliphatic rings. The highest BCUT2D eigenvalue weighted by Gasteiger charge is 2.16. The second kappa shape index (κ2) is 7.29. The zero-order valence-corrected chi connectivity index (χ0v) is 13.1. The molecule has 4 nitrogen and oxygen atoms in total. The molecule has 2 amide bonds. The van der Waals surface area contributed by atoms with Gasteiger partial charge >= 0.3 is 0 Å². The molecule has 1 rings (SSSR count). The summed E-state index contributed by atoms with van der Waals surface area (Å²) in [6.45, 7) is 3.97. The predicted molar refractivity (Wildman–Crippen MR) is 82.2 cm³/mol. The molecule has 0 saturated heterocycles. The van der Waals surface area contributed by atoms with Crippen molar-refractivity contribution in [3.8, 4) is 0 Å². The van der Waals surface area contributed by atoms with Gasteiger partial charge in [0.05, 0.1) is 10.6 Å². The van der Waals surface area contributed by atoms with Crippen molar-refractivity contribution in [1.82, 2.24) is 4.90 Å². The lowest BCUT2D eigenvalue weighted by Crippen LogP contribution is -2.23. The van der Waals surface area contributed by atoms with E-state index in [9.17, 15) is 9.59 Å². The van der Waals surface area contributed by atoms with E-state index in [-0.39, 0.29) is 17.7 Å². The number of benzene rings is 1. The Labute approximate surface area is 125 Å². The highest BCUT2D eigenvalue weighted by molar-refractivity contribution is 6.34. The number of rotatable bonds is 5. The Kier molecular flexibility index (Phi) is 6.02. The van der Waals surface area contributed by atoms with Crippen LogP contribution >= 0.6 is 11.6 Å².